The predicted molar refractivity (Wildman–Crippen MR) is 87.4 cm³/mol. The Hall–Kier alpha value is -0.320. The van der Waals surface area contributed by atoms with E-state index in [0.717, 1.165) is 67.8 Å². The lowest BCUT2D eigenvalue weighted by Gasteiger charge is -2.38. The number of ether oxygens (including phenoxy) is 2. The van der Waals surface area contributed by atoms with Crippen LogP contribution in [0, 0.1) is 5.41 Å². The Morgan fingerprint density at radius 3 is 2.52 bits per heavy atom. The standard InChI is InChI=1S/C16H23Cl2NO2/c1-20-10-7-19-12-16(5-8-21-9-6-16)11-13-14(17)3-2-4-15(13)18/h2-4,19H,5-12H2,1H3. The van der Waals surface area contributed by atoms with E-state index in [2.05, 4.69) is 5.32 Å². The predicted octanol–water partition coefficient (Wildman–Crippen LogP) is 3.57. The minimum absolute atomic E-state index is 0.153. The first-order chi connectivity index (χ1) is 10.2. The van der Waals surface area contributed by atoms with Crippen molar-refractivity contribution in [2.24, 2.45) is 5.41 Å². The van der Waals surface area contributed by atoms with Crippen LogP contribution in [0.2, 0.25) is 10.0 Å². The molecule has 5 heteroatoms. The van der Waals surface area contributed by atoms with Gasteiger partial charge < -0.3 is 14.8 Å². The summed E-state index contributed by atoms with van der Waals surface area (Å²) in [6, 6.07) is 5.71. The molecule has 0 atom stereocenters. The average molecular weight is 332 g/mol. The van der Waals surface area contributed by atoms with Gasteiger partial charge >= 0.3 is 0 Å². The molecule has 1 fully saturated rings. The Morgan fingerprint density at radius 1 is 1.24 bits per heavy atom. The van der Waals surface area contributed by atoms with Gasteiger partial charge in [0.25, 0.3) is 0 Å². The lowest BCUT2D eigenvalue weighted by Crippen LogP contribution is -2.41. The van der Waals surface area contributed by atoms with Gasteiger partial charge in [0, 0.05) is 43.5 Å². The fourth-order valence-electron chi connectivity index (χ4n) is 2.82. The summed E-state index contributed by atoms with van der Waals surface area (Å²) in [5, 5.41) is 5.00. The fourth-order valence-corrected chi connectivity index (χ4v) is 3.36. The van der Waals surface area contributed by atoms with E-state index in [-0.39, 0.29) is 5.41 Å². The second-order valence-electron chi connectivity index (χ2n) is 5.66. The van der Waals surface area contributed by atoms with Gasteiger partial charge in [0.05, 0.1) is 6.61 Å². The normalized spacial score (nSPS) is 17.9. The van der Waals surface area contributed by atoms with E-state index in [4.69, 9.17) is 32.7 Å². The van der Waals surface area contributed by atoms with Gasteiger partial charge in [-0.2, -0.15) is 0 Å². The number of hydrogen-bond acceptors (Lipinski definition) is 3. The Labute approximate surface area is 136 Å². The van der Waals surface area contributed by atoms with Crippen molar-refractivity contribution in [3.63, 3.8) is 0 Å². The number of methoxy groups -OCH3 is 1. The number of hydrogen-bond donors (Lipinski definition) is 1. The lowest BCUT2D eigenvalue weighted by atomic mass is 9.75. The topological polar surface area (TPSA) is 30.5 Å². The van der Waals surface area contributed by atoms with Crippen molar-refractivity contribution in [3.8, 4) is 0 Å². The molecule has 3 nitrogen and oxygen atoms in total. The van der Waals surface area contributed by atoms with Crippen molar-refractivity contribution in [1.29, 1.82) is 0 Å². The lowest BCUT2D eigenvalue weighted by molar-refractivity contribution is 0.0143. The van der Waals surface area contributed by atoms with Crippen LogP contribution in [0.25, 0.3) is 0 Å². The molecule has 0 aromatic heterocycles. The van der Waals surface area contributed by atoms with E-state index in [1.54, 1.807) is 7.11 Å². The second kappa shape index (κ2) is 8.35. The molecular weight excluding hydrogens is 309 g/mol. The molecule has 0 amide bonds. The summed E-state index contributed by atoms with van der Waals surface area (Å²) >= 11 is 12.7. The third kappa shape index (κ3) is 4.83. The minimum atomic E-state index is 0.153. The van der Waals surface area contributed by atoms with E-state index < -0.39 is 0 Å². The first-order valence-electron chi connectivity index (χ1n) is 7.37. The zero-order chi connectivity index (χ0) is 15.1. The smallest absolute Gasteiger partial charge is 0.0587 e. The first kappa shape index (κ1) is 17.0. The molecule has 0 saturated carbocycles. The highest BCUT2D eigenvalue weighted by molar-refractivity contribution is 6.36. The molecule has 0 bridgehead atoms. The summed E-state index contributed by atoms with van der Waals surface area (Å²) in [7, 11) is 1.72. The van der Waals surface area contributed by atoms with E-state index in [1.165, 1.54) is 0 Å². The van der Waals surface area contributed by atoms with Crippen LogP contribution in [0.1, 0.15) is 18.4 Å². The summed E-state index contributed by atoms with van der Waals surface area (Å²) < 4.78 is 10.6. The molecule has 1 N–H and O–H groups in total. The van der Waals surface area contributed by atoms with E-state index in [9.17, 15) is 0 Å². The Kier molecular flexibility index (Phi) is 6.77. The molecule has 0 radical (unpaired) electrons. The van der Waals surface area contributed by atoms with Gasteiger partial charge in [0.15, 0.2) is 0 Å². The SMILES string of the molecule is COCCNCC1(Cc2c(Cl)cccc2Cl)CCOCC1. The van der Waals surface area contributed by atoms with Crippen LogP contribution in [-0.4, -0.2) is 40.0 Å². The quantitative estimate of drug-likeness (QED) is 0.775. The zero-order valence-electron chi connectivity index (χ0n) is 12.5. The van der Waals surface area contributed by atoms with Gasteiger partial charge in [-0.15, -0.1) is 0 Å². The molecule has 118 valence electrons. The Bertz CT molecular complexity index is 428. The number of rotatable bonds is 7. The maximum Gasteiger partial charge on any atom is 0.0587 e. The summed E-state index contributed by atoms with van der Waals surface area (Å²) in [4.78, 5) is 0. The van der Waals surface area contributed by atoms with Crippen molar-refractivity contribution in [2.75, 3.05) is 40.0 Å². The molecule has 0 unspecified atom stereocenters. The van der Waals surface area contributed by atoms with Crippen molar-refractivity contribution in [3.05, 3.63) is 33.8 Å². The van der Waals surface area contributed by atoms with Crippen molar-refractivity contribution < 1.29 is 9.47 Å². The summed E-state index contributed by atoms with van der Waals surface area (Å²) in [5.41, 5.74) is 1.21. The highest BCUT2D eigenvalue weighted by Crippen LogP contribution is 2.38. The van der Waals surface area contributed by atoms with Crippen molar-refractivity contribution >= 4 is 23.2 Å². The third-order valence-corrected chi connectivity index (χ3v) is 4.86. The van der Waals surface area contributed by atoms with Crippen LogP contribution in [0.4, 0.5) is 0 Å². The molecule has 1 heterocycles. The van der Waals surface area contributed by atoms with Crippen LogP contribution in [0.5, 0.6) is 0 Å². The number of benzene rings is 1. The third-order valence-electron chi connectivity index (χ3n) is 4.15. The number of nitrogens with one attached hydrogen (secondary N) is 1. The van der Waals surface area contributed by atoms with Crippen LogP contribution in [0.3, 0.4) is 0 Å². The fraction of sp³-hybridized carbons (Fsp3) is 0.625. The molecule has 0 spiro atoms. The maximum atomic E-state index is 6.34. The molecule has 21 heavy (non-hydrogen) atoms. The van der Waals surface area contributed by atoms with Gasteiger partial charge in [0.2, 0.25) is 0 Å². The highest BCUT2D eigenvalue weighted by atomic mass is 35.5. The summed E-state index contributed by atoms with van der Waals surface area (Å²) in [6.45, 7) is 4.11. The van der Waals surface area contributed by atoms with Crippen molar-refractivity contribution in [1.82, 2.24) is 5.32 Å². The average Bonchev–Trinajstić information content (AvgIpc) is 2.49. The van der Waals surface area contributed by atoms with Gasteiger partial charge in [-0.05, 0) is 42.4 Å². The zero-order valence-corrected chi connectivity index (χ0v) is 14.0. The van der Waals surface area contributed by atoms with Crippen LogP contribution in [-0.2, 0) is 15.9 Å². The molecule has 2 rings (SSSR count). The van der Waals surface area contributed by atoms with Crippen molar-refractivity contribution in [2.45, 2.75) is 19.3 Å². The Balaban J connectivity index is 2.08. The van der Waals surface area contributed by atoms with E-state index in [0.29, 0.717) is 0 Å². The van der Waals surface area contributed by atoms with Crippen LogP contribution >= 0.6 is 23.2 Å². The van der Waals surface area contributed by atoms with E-state index in [1.807, 2.05) is 18.2 Å². The van der Waals surface area contributed by atoms with Crippen LogP contribution < -0.4 is 5.32 Å². The summed E-state index contributed by atoms with van der Waals surface area (Å²) in [5.74, 6) is 0. The van der Waals surface area contributed by atoms with E-state index >= 15 is 0 Å². The monoisotopic (exact) mass is 331 g/mol. The van der Waals surface area contributed by atoms with Crippen LogP contribution in [0.15, 0.2) is 18.2 Å². The minimum Gasteiger partial charge on any atom is -0.383 e. The largest absolute Gasteiger partial charge is 0.383 e. The molecule has 1 aromatic carbocycles. The highest BCUT2D eigenvalue weighted by Gasteiger charge is 2.33. The van der Waals surface area contributed by atoms with Gasteiger partial charge in [-0.1, -0.05) is 29.3 Å². The molecule has 1 saturated heterocycles. The maximum absolute atomic E-state index is 6.34. The molecule has 0 aliphatic carbocycles. The molecule has 1 aliphatic rings. The summed E-state index contributed by atoms with van der Waals surface area (Å²) in [6.07, 6.45) is 2.93. The second-order valence-corrected chi connectivity index (χ2v) is 6.47. The van der Waals surface area contributed by atoms with Gasteiger partial charge in [-0.3, -0.25) is 0 Å². The molecule has 1 aromatic rings. The number of halogens is 2. The first-order valence-corrected chi connectivity index (χ1v) is 8.13. The van der Waals surface area contributed by atoms with Gasteiger partial charge in [-0.25, -0.2) is 0 Å². The molecule has 1 aliphatic heterocycles. The van der Waals surface area contributed by atoms with Gasteiger partial charge in [0.1, 0.15) is 0 Å². The Morgan fingerprint density at radius 2 is 1.90 bits per heavy atom. The molecular formula is C16H23Cl2NO2.